The highest BCUT2D eigenvalue weighted by Crippen LogP contribution is 2.21. The number of hydrogen-bond donors (Lipinski definition) is 1. The van der Waals surface area contributed by atoms with Gasteiger partial charge in [-0.15, -0.1) is 11.8 Å². The second-order valence-electron chi connectivity index (χ2n) is 4.26. The number of benzene rings is 2. The highest BCUT2D eigenvalue weighted by molar-refractivity contribution is 9.10. The van der Waals surface area contributed by atoms with E-state index >= 15 is 0 Å². The van der Waals surface area contributed by atoms with Crippen LogP contribution >= 0.6 is 27.7 Å². The van der Waals surface area contributed by atoms with E-state index in [0.29, 0.717) is 5.75 Å². The SMILES string of the molecule is O=C(CSCc1ccccc1Br)Nc1cc(F)ccc1F. The van der Waals surface area contributed by atoms with Gasteiger partial charge in [-0.2, -0.15) is 0 Å². The maximum absolute atomic E-state index is 13.4. The van der Waals surface area contributed by atoms with E-state index in [2.05, 4.69) is 21.2 Å². The molecule has 0 bridgehead atoms. The lowest BCUT2D eigenvalue weighted by atomic mass is 10.2. The summed E-state index contributed by atoms with van der Waals surface area (Å²) in [6, 6.07) is 10.7. The van der Waals surface area contributed by atoms with Crippen LogP contribution in [0.5, 0.6) is 0 Å². The Balaban J connectivity index is 1.85. The smallest absolute Gasteiger partial charge is 0.234 e. The van der Waals surface area contributed by atoms with Gasteiger partial charge < -0.3 is 5.32 Å². The van der Waals surface area contributed by atoms with Gasteiger partial charge in [0.25, 0.3) is 0 Å². The maximum atomic E-state index is 13.4. The molecule has 110 valence electrons. The third kappa shape index (κ3) is 4.82. The Morgan fingerprint density at radius 2 is 1.95 bits per heavy atom. The fourth-order valence-corrected chi connectivity index (χ4v) is 3.09. The van der Waals surface area contributed by atoms with Crippen LogP contribution in [0.2, 0.25) is 0 Å². The summed E-state index contributed by atoms with van der Waals surface area (Å²) in [5.74, 6) is -0.790. The average molecular weight is 372 g/mol. The minimum absolute atomic E-state index is 0.138. The fraction of sp³-hybridized carbons (Fsp3) is 0.133. The van der Waals surface area contributed by atoms with E-state index < -0.39 is 11.6 Å². The molecule has 2 rings (SSSR count). The van der Waals surface area contributed by atoms with Crippen molar-refractivity contribution < 1.29 is 13.6 Å². The maximum Gasteiger partial charge on any atom is 0.234 e. The molecule has 2 nitrogen and oxygen atoms in total. The number of halogens is 3. The number of thioether (sulfide) groups is 1. The standard InChI is InChI=1S/C15H12BrF2NOS/c16-12-4-2-1-3-10(12)8-21-9-15(20)19-14-7-11(17)5-6-13(14)18/h1-7H,8-9H2,(H,19,20). The van der Waals surface area contributed by atoms with E-state index in [9.17, 15) is 13.6 Å². The molecule has 0 aliphatic carbocycles. The Bertz CT molecular complexity index is 651. The predicted octanol–water partition coefficient (Wildman–Crippen LogP) is 4.60. The van der Waals surface area contributed by atoms with Crippen LogP contribution in [0.3, 0.4) is 0 Å². The van der Waals surface area contributed by atoms with Crippen molar-refractivity contribution in [2.75, 3.05) is 11.1 Å². The van der Waals surface area contributed by atoms with Gasteiger partial charge in [-0.05, 0) is 23.8 Å². The van der Waals surface area contributed by atoms with Crippen LogP contribution in [0.15, 0.2) is 46.9 Å². The quantitative estimate of drug-likeness (QED) is 0.831. The zero-order valence-electron chi connectivity index (χ0n) is 10.9. The second-order valence-corrected chi connectivity index (χ2v) is 6.10. The fourth-order valence-electron chi connectivity index (χ4n) is 1.65. The molecule has 21 heavy (non-hydrogen) atoms. The van der Waals surface area contributed by atoms with Gasteiger partial charge in [0.15, 0.2) is 0 Å². The molecule has 0 atom stereocenters. The monoisotopic (exact) mass is 371 g/mol. The molecule has 0 fully saturated rings. The molecule has 0 saturated heterocycles. The first kappa shape index (κ1) is 16.0. The van der Waals surface area contributed by atoms with Crippen LogP contribution in [0.1, 0.15) is 5.56 Å². The van der Waals surface area contributed by atoms with Crippen molar-refractivity contribution in [3.63, 3.8) is 0 Å². The molecule has 0 radical (unpaired) electrons. The van der Waals surface area contributed by atoms with Gasteiger partial charge in [0.2, 0.25) is 5.91 Å². The summed E-state index contributed by atoms with van der Waals surface area (Å²) >= 11 is 4.83. The zero-order valence-corrected chi connectivity index (χ0v) is 13.3. The lowest BCUT2D eigenvalue weighted by molar-refractivity contribution is -0.113. The van der Waals surface area contributed by atoms with E-state index in [1.807, 2.05) is 24.3 Å². The molecule has 1 N–H and O–H groups in total. The number of nitrogens with one attached hydrogen (secondary N) is 1. The summed E-state index contributed by atoms with van der Waals surface area (Å²) in [5.41, 5.74) is 0.939. The van der Waals surface area contributed by atoms with E-state index in [4.69, 9.17) is 0 Å². The van der Waals surface area contributed by atoms with Gasteiger partial charge in [0.1, 0.15) is 11.6 Å². The van der Waals surface area contributed by atoms with Gasteiger partial charge in [-0.25, -0.2) is 8.78 Å². The van der Waals surface area contributed by atoms with Crippen LogP contribution in [0.25, 0.3) is 0 Å². The number of rotatable bonds is 5. The minimum atomic E-state index is -0.652. The van der Waals surface area contributed by atoms with Crippen molar-refractivity contribution in [2.24, 2.45) is 0 Å². The molecule has 0 saturated carbocycles. The number of carbonyl (C=O) groups is 1. The Morgan fingerprint density at radius 3 is 2.71 bits per heavy atom. The molecule has 2 aromatic rings. The zero-order chi connectivity index (χ0) is 15.2. The summed E-state index contributed by atoms with van der Waals surface area (Å²) in [6.07, 6.45) is 0. The molecule has 6 heteroatoms. The van der Waals surface area contributed by atoms with Gasteiger partial charge in [-0.3, -0.25) is 4.79 Å². The Hall–Kier alpha value is -1.40. The summed E-state index contributed by atoms with van der Waals surface area (Å²) in [7, 11) is 0. The number of carbonyl (C=O) groups excluding carboxylic acids is 1. The molecule has 0 unspecified atom stereocenters. The summed E-state index contributed by atoms with van der Waals surface area (Å²) in [4.78, 5) is 11.7. The van der Waals surface area contributed by atoms with Crippen molar-refractivity contribution in [1.82, 2.24) is 0 Å². The van der Waals surface area contributed by atoms with Gasteiger partial charge in [0.05, 0.1) is 11.4 Å². The number of anilines is 1. The highest BCUT2D eigenvalue weighted by Gasteiger charge is 2.09. The third-order valence-corrected chi connectivity index (χ3v) is 4.41. The van der Waals surface area contributed by atoms with Crippen molar-refractivity contribution in [3.05, 3.63) is 64.1 Å². The number of amides is 1. The second kappa shape index (κ2) is 7.56. The van der Waals surface area contributed by atoms with Crippen molar-refractivity contribution in [1.29, 1.82) is 0 Å². The minimum Gasteiger partial charge on any atom is -0.323 e. The van der Waals surface area contributed by atoms with E-state index in [1.165, 1.54) is 11.8 Å². The lowest BCUT2D eigenvalue weighted by Gasteiger charge is -2.07. The first-order valence-electron chi connectivity index (χ1n) is 6.12. The highest BCUT2D eigenvalue weighted by atomic mass is 79.9. The Morgan fingerprint density at radius 1 is 1.19 bits per heavy atom. The van der Waals surface area contributed by atoms with Crippen LogP contribution in [-0.4, -0.2) is 11.7 Å². The summed E-state index contributed by atoms with van der Waals surface area (Å²) < 4.78 is 27.3. The summed E-state index contributed by atoms with van der Waals surface area (Å²) in [5, 5.41) is 2.37. The Kier molecular flexibility index (Phi) is 5.76. The van der Waals surface area contributed by atoms with Crippen LogP contribution in [0.4, 0.5) is 14.5 Å². The lowest BCUT2D eigenvalue weighted by Crippen LogP contribution is -2.15. The molecule has 2 aromatic carbocycles. The third-order valence-electron chi connectivity index (χ3n) is 2.65. The molecule has 0 spiro atoms. The first-order chi connectivity index (χ1) is 10.1. The molecular formula is C15H12BrF2NOS. The normalized spacial score (nSPS) is 10.4. The molecular weight excluding hydrogens is 360 g/mol. The van der Waals surface area contributed by atoms with Gasteiger partial charge >= 0.3 is 0 Å². The van der Waals surface area contributed by atoms with Crippen molar-refractivity contribution in [3.8, 4) is 0 Å². The van der Waals surface area contributed by atoms with E-state index in [0.717, 1.165) is 28.2 Å². The molecule has 1 amide bonds. The largest absolute Gasteiger partial charge is 0.323 e. The van der Waals surface area contributed by atoms with E-state index in [1.54, 1.807) is 0 Å². The van der Waals surface area contributed by atoms with Gasteiger partial charge in [-0.1, -0.05) is 34.1 Å². The Labute approximate surface area is 134 Å². The van der Waals surface area contributed by atoms with Crippen molar-refractivity contribution >= 4 is 39.3 Å². The van der Waals surface area contributed by atoms with Gasteiger partial charge in [0, 0.05) is 16.3 Å². The predicted molar refractivity (Wildman–Crippen MR) is 85.3 cm³/mol. The van der Waals surface area contributed by atoms with Crippen LogP contribution in [-0.2, 0) is 10.5 Å². The van der Waals surface area contributed by atoms with Crippen molar-refractivity contribution in [2.45, 2.75) is 5.75 Å². The first-order valence-corrected chi connectivity index (χ1v) is 8.07. The topological polar surface area (TPSA) is 29.1 Å². The van der Waals surface area contributed by atoms with Crippen LogP contribution < -0.4 is 5.32 Å². The number of hydrogen-bond acceptors (Lipinski definition) is 2. The van der Waals surface area contributed by atoms with E-state index in [-0.39, 0.29) is 17.3 Å². The molecule has 0 heterocycles. The molecule has 0 aromatic heterocycles. The summed E-state index contributed by atoms with van der Waals surface area (Å²) in [6.45, 7) is 0. The molecule has 0 aliphatic heterocycles. The average Bonchev–Trinajstić information content (AvgIpc) is 2.45. The van der Waals surface area contributed by atoms with Crippen LogP contribution in [0, 0.1) is 11.6 Å². The molecule has 0 aliphatic rings.